The standard InChI is InChI=1S/C28H24FNO3/c1-32-20-12-14-26(33-2)22(15-20)23-16-27(31)30(17-19-8-4-6-10-24(19)29)25-13-11-18-7-3-5-9-21(18)28(23)25/h3-15,23H,16-17H2,1-2H3. The summed E-state index contributed by atoms with van der Waals surface area (Å²) in [5.41, 5.74) is 3.22. The van der Waals surface area contributed by atoms with Crippen molar-refractivity contribution in [3.8, 4) is 11.5 Å². The second kappa shape index (κ2) is 8.58. The van der Waals surface area contributed by atoms with Crippen LogP contribution in [0.2, 0.25) is 0 Å². The van der Waals surface area contributed by atoms with Gasteiger partial charge < -0.3 is 14.4 Å². The molecule has 4 aromatic carbocycles. The second-order valence-electron chi connectivity index (χ2n) is 8.16. The number of fused-ring (bicyclic) bond motifs is 3. The fraction of sp³-hybridized carbons (Fsp3) is 0.179. The highest BCUT2D eigenvalue weighted by molar-refractivity contribution is 6.03. The molecule has 0 fully saturated rings. The molecule has 0 aliphatic carbocycles. The number of halogens is 1. The molecule has 0 N–H and O–H groups in total. The number of methoxy groups -OCH3 is 2. The molecule has 166 valence electrons. The highest BCUT2D eigenvalue weighted by Crippen LogP contribution is 2.47. The largest absolute Gasteiger partial charge is 0.497 e. The highest BCUT2D eigenvalue weighted by atomic mass is 19.1. The van der Waals surface area contributed by atoms with Gasteiger partial charge in [-0.2, -0.15) is 0 Å². The predicted octanol–water partition coefficient (Wildman–Crippen LogP) is 6.06. The topological polar surface area (TPSA) is 38.8 Å². The molecule has 0 bridgehead atoms. The van der Waals surface area contributed by atoms with Crippen molar-refractivity contribution < 1.29 is 18.7 Å². The summed E-state index contributed by atoms with van der Waals surface area (Å²) in [5, 5.41) is 2.15. The molecular formula is C28H24FNO3. The van der Waals surface area contributed by atoms with E-state index in [-0.39, 0.29) is 30.6 Å². The molecule has 1 unspecified atom stereocenters. The number of anilines is 1. The zero-order chi connectivity index (χ0) is 22.9. The average molecular weight is 442 g/mol. The molecule has 0 aromatic heterocycles. The molecule has 4 aromatic rings. The number of hydrogen-bond donors (Lipinski definition) is 0. The summed E-state index contributed by atoms with van der Waals surface area (Å²) in [4.78, 5) is 15.2. The maximum absolute atomic E-state index is 14.5. The van der Waals surface area contributed by atoms with Gasteiger partial charge in [-0.05, 0) is 46.7 Å². The van der Waals surface area contributed by atoms with Crippen molar-refractivity contribution in [2.45, 2.75) is 18.9 Å². The molecule has 1 heterocycles. The number of hydrogen-bond acceptors (Lipinski definition) is 3. The van der Waals surface area contributed by atoms with Gasteiger partial charge in [0.2, 0.25) is 5.91 Å². The Balaban J connectivity index is 1.72. The first-order valence-corrected chi connectivity index (χ1v) is 10.9. The molecule has 1 atom stereocenters. The van der Waals surface area contributed by atoms with E-state index in [9.17, 15) is 9.18 Å². The van der Waals surface area contributed by atoms with Crippen LogP contribution in [0.3, 0.4) is 0 Å². The number of nitrogens with zero attached hydrogens (tertiary/aromatic N) is 1. The Labute approximate surface area is 192 Å². The Morgan fingerprint density at radius 2 is 1.73 bits per heavy atom. The van der Waals surface area contributed by atoms with E-state index in [0.717, 1.165) is 27.6 Å². The van der Waals surface area contributed by atoms with E-state index < -0.39 is 0 Å². The van der Waals surface area contributed by atoms with Gasteiger partial charge in [-0.25, -0.2) is 4.39 Å². The van der Waals surface area contributed by atoms with Crippen LogP contribution in [0, 0.1) is 5.82 Å². The fourth-order valence-electron chi connectivity index (χ4n) is 4.75. The molecule has 5 heteroatoms. The molecular weight excluding hydrogens is 417 g/mol. The van der Waals surface area contributed by atoms with Gasteiger partial charge in [0.05, 0.1) is 20.8 Å². The third-order valence-electron chi connectivity index (χ3n) is 6.37. The Kier molecular flexibility index (Phi) is 5.47. The first kappa shape index (κ1) is 21.0. The lowest BCUT2D eigenvalue weighted by molar-refractivity contribution is -0.119. The molecule has 1 aliphatic heterocycles. The van der Waals surface area contributed by atoms with Crippen molar-refractivity contribution in [3.63, 3.8) is 0 Å². The van der Waals surface area contributed by atoms with E-state index in [1.54, 1.807) is 37.3 Å². The molecule has 0 saturated carbocycles. The van der Waals surface area contributed by atoms with Crippen LogP contribution in [0.1, 0.15) is 29.0 Å². The van der Waals surface area contributed by atoms with Gasteiger partial charge in [0.1, 0.15) is 17.3 Å². The monoisotopic (exact) mass is 441 g/mol. The number of amides is 1. The van der Waals surface area contributed by atoms with Crippen molar-refractivity contribution in [2.24, 2.45) is 0 Å². The van der Waals surface area contributed by atoms with Crippen LogP contribution < -0.4 is 14.4 Å². The van der Waals surface area contributed by atoms with E-state index in [0.29, 0.717) is 17.1 Å². The van der Waals surface area contributed by atoms with Crippen LogP contribution >= 0.6 is 0 Å². The maximum atomic E-state index is 14.5. The van der Waals surface area contributed by atoms with Crippen LogP contribution in [-0.2, 0) is 11.3 Å². The summed E-state index contributed by atoms with van der Waals surface area (Å²) >= 11 is 0. The lowest BCUT2D eigenvalue weighted by atomic mass is 9.80. The summed E-state index contributed by atoms with van der Waals surface area (Å²) in [6.07, 6.45) is 0.249. The highest BCUT2D eigenvalue weighted by Gasteiger charge is 2.35. The van der Waals surface area contributed by atoms with E-state index in [1.807, 2.05) is 42.5 Å². The average Bonchev–Trinajstić information content (AvgIpc) is 2.85. The van der Waals surface area contributed by atoms with Crippen LogP contribution in [0.5, 0.6) is 11.5 Å². The molecule has 5 rings (SSSR count). The number of carbonyl (C=O) groups excluding carboxylic acids is 1. The number of rotatable bonds is 5. The Bertz CT molecular complexity index is 1350. The van der Waals surface area contributed by atoms with Crippen molar-refractivity contribution in [2.75, 3.05) is 19.1 Å². The second-order valence-corrected chi connectivity index (χ2v) is 8.16. The van der Waals surface area contributed by atoms with Crippen LogP contribution in [-0.4, -0.2) is 20.1 Å². The minimum Gasteiger partial charge on any atom is -0.497 e. The van der Waals surface area contributed by atoms with Crippen molar-refractivity contribution in [3.05, 3.63) is 101 Å². The van der Waals surface area contributed by atoms with Gasteiger partial charge in [-0.3, -0.25) is 4.79 Å². The molecule has 1 aliphatic rings. The minimum absolute atomic E-state index is 0.0593. The molecule has 33 heavy (non-hydrogen) atoms. The normalized spacial score (nSPS) is 15.4. The molecule has 1 amide bonds. The van der Waals surface area contributed by atoms with Crippen LogP contribution in [0.4, 0.5) is 10.1 Å². The molecule has 0 saturated heterocycles. The van der Waals surface area contributed by atoms with E-state index in [4.69, 9.17) is 9.47 Å². The van der Waals surface area contributed by atoms with Crippen molar-refractivity contribution in [1.29, 1.82) is 0 Å². The van der Waals surface area contributed by atoms with Gasteiger partial charge in [-0.15, -0.1) is 0 Å². The Hall–Kier alpha value is -3.86. The SMILES string of the molecule is COc1ccc(OC)c(C2CC(=O)N(Cc3ccccc3F)c3ccc4ccccc4c32)c1. The van der Waals surface area contributed by atoms with Gasteiger partial charge in [0.25, 0.3) is 0 Å². The lowest BCUT2D eigenvalue weighted by Gasteiger charge is -2.36. The summed E-state index contributed by atoms with van der Waals surface area (Å²) in [7, 11) is 3.25. The van der Waals surface area contributed by atoms with Gasteiger partial charge in [0, 0.05) is 29.2 Å². The minimum atomic E-state index is -0.316. The Morgan fingerprint density at radius 1 is 0.939 bits per heavy atom. The maximum Gasteiger partial charge on any atom is 0.228 e. The van der Waals surface area contributed by atoms with E-state index in [1.165, 1.54) is 6.07 Å². The van der Waals surface area contributed by atoms with Gasteiger partial charge >= 0.3 is 0 Å². The number of ether oxygens (including phenoxy) is 2. The number of carbonyl (C=O) groups is 1. The first-order valence-electron chi connectivity index (χ1n) is 10.9. The van der Waals surface area contributed by atoms with Gasteiger partial charge in [-0.1, -0.05) is 48.5 Å². The van der Waals surface area contributed by atoms with E-state index in [2.05, 4.69) is 12.1 Å². The van der Waals surface area contributed by atoms with E-state index >= 15 is 0 Å². The van der Waals surface area contributed by atoms with Crippen LogP contribution in [0.25, 0.3) is 10.8 Å². The zero-order valence-electron chi connectivity index (χ0n) is 18.5. The quantitative estimate of drug-likeness (QED) is 0.378. The summed E-state index contributed by atoms with van der Waals surface area (Å²) in [6.45, 7) is 0.179. The smallest absolute Gasteiger partial charge is 0.228 e. The Morgan fingerprint density at radius 3 is 2.52 bits per heavy atom. The molecule has 0 radical (unpaired) electrons. The summed E-state index contributed by atoms with van der Waals surface area (Å²) in [5.74, 6) is 0.810. The third kappa shape index (κ3) is 3.69. The predicted molar refractivity (Wildman–Crippen MR) is 128 cm³/mol. The molecule has 0 spiro atoms. The van der Waals surface area contributed by atoms with Gasteiger partial charge in [0.15, 0.2) is 0 Å². The van der Waals surface area contributed by atoms with Crippen LogP contribution in [0.15, 0.2) is 78.9 Å². The fourth-order valence-corrected chi connectivity index (χ4v) is 4.75. The van der Waals surface area contributed by atoms with Crippen molar-refractivity contribution in [1.82, 2.24) is 0 Å². The van der Waals surface area contributed by atoms with Crippen molar-refractivity contribution >= 4 is 22.4 Å². The third-order valence-corrected chi connectivity index (χ3v) is 6.37. The number of benzene rings is 4. The summed E-state index contributed by atoms with van der Waals surface area (Å²) < 4.78 is 25.6. The molecule has 4 nitrogen and oxygen atoms in total. The zero-order valence-corrected chi connectivity index (χ0v) is 18.5. The first-order chi connectivity index (χ1) is 16.1. The summed E-state index contributed by atoms with van der Waals surface area (Å²) in [6, 6.07) is 24.4. The lowest BCUT2D eigenvalue weighted by Crippen LogP contribution is -2.37.